The van der Waals surface area contributed by atoms with E-state index in [0.29, 0.717) is 18.1 Å². The second kappa shape index (κ2) is 7.81. The number of hydrogen-bond donors (Lipinski definition) is 2. The molecule has 122 valence electrons. The number of benzene rings is 1. The number of rotatable bonds is 5. The second-order valence-corrected chi connectivity index (χ2v) is 6.17. The van der Waals surface area contributed by atoms with Crippen LogP contribution in [0.3, 0.4) is 0 Å². The molecule has 0 radical (unpaired) electrons. The monoisotopic (exact) mass is 326 g/mol. The molecule has 0 aliphatic carbocycles. The number of likely N-dealkylation sites (tertiary alicyclic amines) is 1. The number of halogens is 1. The number of aliphatic hydroxyl groups excluding tert-OH is 1. The summed E-state index contributed by atoms with van der Waals surface area (Å²) >= 11 is 5.90. The predicted molar refractivity (Wildman–Crippen MR) is 86.0 cm³/mol. The lowest BCUT2D eigenvalue weighted by Gasteiger charge is -2.27. The number of carbonyl (C=O) groups is 1. The molecule has 0 aromatic heterocycles. The zero-order chi connectivity index (χ0) is 16.1. The highest BCUT2D eigenvalue weighted by atomic mass is 35.5. The van der Waals surface area contributed by atoms with E-state index >= 15 is 0 Å². The first-order valence-electron chi connectivity index (χ1n) is 7.49. The zero-order valence-electron chi connectivity index (χ0n) is 13.0. The van der Waals surface area contributed by atoms with Crippen LogP contribution in [0.2, 0.25) is 5.02 Å². The molecule has 3 unspecified atom stereocenters. The molecular weight excluding hydrogens is 304 g/mol. The van der Waals surface area contributed by atoms with Gasteiger partial charge in [-0.3, -0.25) is 0 Å². The summed E-state index contributed by atoms with van der Waals surface area (Å²) in [5.74, 6) is 0.190. The minimum absolute atomic E-state index is 0.112. The van der Waals surface area contributed by atoms with Crippen LogP contribution in [0.15, 0.2) is 24.3 Å². The van der Waals surface area contributed by atoms with Crippen LogP contribution in [0, 0.1) is 5.92 Å². The molecule has 3 atom stereocenters. The van der Waals surface area contributed by atoms with Crippen molar-refractivity contribution in [3.63, 3.8) is 0 Å². The average Bonchev–Trinajstić information content (AvgIpc) is 2.99. The van der Waals surface area contributed by atoms with Gasteiger partial charge in [-0.1, -0.05) is 23.7 Å². The number of aliphatic hydroxyl groups is 1. The van der Waals surface area contributed by atoms with Crippen LogP contribution in [0.1, 0.15) is 25.0 Å². The normalized spacial score (nSPS) is 20.7. The molecule has 1 heterocycles. The Morgan fingerprint density at radius 1 is 1.50 bits per heavy atom. The number of amides is 2. The fourth-order valence-electron chi connectivity index (χ4n) is 2.81. The van der Waals surface area contributed by atoms with Crippen molar-refractivity contribution >= 4 is 17.6 Å². The first kappa shape index (κ1) is 17.1. The molecule has 1 fully saturated rings. The van der Waals surface area contributed by atoms with Gasteiger partial charge in [-0.25, -0.2) is 4.79 Å². The van der Waals surface area contributed by atoms with Crippen molar-refractivity contribution < 1.29 is 14.6 Å². The number of methoxy groups -OCH3 is 1. The molecule has 22 heavy (non-hydrogen) atoms. The topological polar surface area (TPSA) is 61.8 Å². The van der Waals surface area contributed by atoms with E-state index in [1.165, 1.54) is 0 Å². The van der Waals surface area contributed by atoms with E-state index < -0.39 is 0 Å². The van der Waals surface area contributed by atoms with Gasteiger partial charge < -0.3 is 20.1 Å². The molecule has 1 saturated heterocycles. The average molecular weight is 327 g/mol. The summed E-state index contributed by atoms with van der Waals surface area (Å²) in [4.78, 5) is 14.0. The molecule has 2 rings (SSSR count). The van der Waals surface area contributed by atoms with Crippen LogP contribution < -0.4 is 5.32 Å². The number of carbonyl (C=O) groups excluding carboxylic acids is 1. The van der Waals surface area contributed by atoms with E-state index in [2.05, 4.69) is 5.32 Å². The van der Waals surface area contributed by atoms with Crippen LogP contribution in [0.4, 0.5) is 4.79 Å². The third-order valence-electron chi connectivity index (χ3n) is 4.09. The first-order valence-corrected chi connectivity index (χ1v) is 7.87. The van der Waals surface area contributed by atoms with Crippen LogP contribution in [0.5, 0.6) is 0 Å². The highest BCUT2D eigenvalue weighted by molar-refractivity contribution is 6.30. The van der Waals surface area contributed by atoms with Gasteiger partial charge >= 0.3 is 6.03 Å². The number of hydrogen-bond acceptors (Lipinski definition) is 3. The lowest BCUT2D eigenvalue weighted by molar-refractivity contribution is 0.0740. The third-order valence-corrected chi connectivity index (χ3v) is 4.34. The summed E-state index contributed by atoms with van der Waals surface area (Å²) in [6.45, 7) is 3.33. The summed E-state index contributed by atoms with van der Waals surface area (Å²) in [5, 5.41) is 12.8. The van der Waals surface area contributed by atoms with Gasteiger partial charge in [0.25, 0.3) is 0 Å². The molecule has 1 aromatic rings. The van der Waals surface area contributed by atoms with E-state index in [0.717, 1.165) is 12.0 Å². The van der Waals surface area contributed by atoms with Gasteiger partial charge in [0.2, 0.25) is 0 Å². The lowest BCUT2D eigenvalue weighted by atomic mass is 10.0. The summed E-state index contributed by atoms with van der Waals surface area (Å²) < 4.78 is 5.53. The maximum atomic E-state index is 12.3. The Morgan fingerprint density at radius 3 is 2.73 bits per heavy atom. The Labute approximate surface area is 136 Å². The van der Waals surface area contributed by atoms with E-state index in [-0.39, 0.29) is 30.7 Å². The Bertz CT molecular complexity index is 495. The summed E-state index contributed by atoms with van der Waals surface area (Å²) in [6, 6.07) is 7.13. The molecule has 1 aromatic carbocycles. The fourth-order valence-corrected chi connectivity index (χ4v) is 2.94. The van der Waals surface area contributed by atoms with Crippen molar-refractivity contribution in [3.05, 3.63) is 34.9 Å². The zero-order valence-corrected chi connectivity index (χ0v) is 13.7. The van der Waals surface area contributed by atoms with Gasteiger partial charge in [0.05, 0.1) is 6.04 Å². The van der Waals surface area contributed by atoms with Crippen molar-refractivity contribution in [3.8, 4) is 0 Å². The SMILES string of the molecule is COC(c1ccc(Cl)cc1)C(C)NC(=O)N1CCC(CO)C1. The quantitative estimate of drug-likeness (QED) is 0.873. The van der Waals surface area contributed by atoms with E-state index in [4.69, 9.17) is 21.4 Å². The largest absolute Gasteiger partial charge is 0.396 e. The van der Waals surface area contributed by atoms with Crippen molar-refractivity contribution in [2.45, 2.75) is 25.5 Å². The van der Waals surface area contributed by atoms with Gasteiger partial charge in [-0.15, -0.1) is 0 Å². The molecule has 2 N–H and O–H groups in total. The number of nitrogens with zero attached hydrogens (tertiary/aromatic N) is 1. The number of urea groups is 1. The van der Waals surface area contributed by atoms with Crippen LogP contribution >= 0.6 is 11.6 Å². The van der Waals surface area contributed by atoms with Gasteiger partial charge in [-0.05, 0) is 31.0 Å². The Morgan fingerprint density at radius 2 is 2.18 bits per heavy atom. The molecule has 5 nitrogen and oxygen atoms in total. The standard InChI is InChI=1S/C16H23ClN2O3/c1-11(15(22-2)13-3-5-14(17)6-4-13)18-16(21)19-8-7-12(9-19)10-20/h3-6,11-12,15,20H,7-10H2,1-2H3,(H,18,21). The van der Waals surface area contributed by atoms with E-state index in [9.17, 15) is 4.79 Å². The minimum Gasteiger partial charge on any atom is -0.396 e. The lowest BCUT2D eigenvalue weighted by Crippen LogP contribution is -2.45. The molecular formula is C16H23ClN2O3. The van der Waals surface area contributed by atoms with E-state index in [1.807, 2.05) is 31.2 Å². The summed E-state index contributed by atoms with van der Waals surface area (Å²) in [6.07, 6.45) is 0.612. The van der Waals surface area contributed by atoms with Gasteiger partial charge in [0.1, 0.15) is 6.10 Å². The Hall–Kier alpha value is -1.30. The summed E-state index contributed by atoms with van der Waals surface area (Å²) in [5.41, 5.74) is 0.967. The molecule has 0 saturated carbocycles. The van der Waals surface area contributed by atoms with Crippen LogP contribution in [0.25, 0.3) is 0 Å². The second-order valence-electron chi connectivity index (χ2n) is 5.73. The van der Waals surface area contributed by atoms with Crippen molar-refractivity contribution in [2.75, 3.05) is 26.8 Å². The smallest absolute Gasteiger partial charge is 0.317 e. The molecule has 6 heteroatoms. The number of ether oxygens (including phenoxy) is 1. The molecule has 0 bridgehead atoms. The van der Waals surface area contributed by atoms with Crippen molar-refractivity contribution in [2.24, 2.45) is 5.92 Å². The van der Waals surface area contributed by atoms with Crippen LogP contribution in [-0.2, 0) is 4.74 Å². The maximum Gasteiger partial charge on any atom is 0.317 e. The van der Waals surface area contributed by atoms with Gasteiger partial charge in [0, 0.05) is 37.7 Å². The molecule has 1 aliphatic heterocycles. The Kier molecular flexibility index (Phi) is 6.06. The molecule has 1 aliphatic rings. The van der Waals surface area contributed by atoms with Gasteiger partial charge in [-0.2, -0.15) is 0 Å². The maximum absolute atomic E-state index is 12.3. The minimum atomic E-state index is -0.238. The summed E-state index contributed by atoms with van der Waals surface area (Å²) in [7, 11) is 1.62. The predicted octanol–water partition coefficient (Wildman–Crippen LogP) is 2.44. The van der Waals surface area contributed by atoms with Gasteiger partial charge in [0.15, 0.2) is 0 Å². The third kappa shape index (κ3) is 4.12. The molecule has 2 amide bonds. The molecule has 0 spiro atoms. The first-order chi connectivity index (χ1) is 10.5. The fraction of sp³-hybridized carbons (Fsp3) is 0.562. The Balaban J connectivity index is 1.96. The van der Waals surface area contributed by atoms with Crippen molar-refractivity contribution in [1.29, 1.82) is 0 Å². The highest BCUT2D eigenvalue weighted by Gasteiger charge is 2.28. The van der Waals surface area contributed by atoms with E-state index in [1.54, 1.807) is 12.0 Å². The number of nitrogens with one attached hydrogen (secondary N) is 1. The van der Waals surface area contributed by atoms with Crippen molar-refractivity contribution in [1.82, 2.24) is 10.2 Å². The highest BCUT2D eigenvalue weighted by Crippen LogP contribution is 2.23. The van der Waals surface area contributed by atoms with Crippen LogP contribution in [-0.4, -0.2) is 48.9 Å².